The molecular formula is C22H24N4O2. The minimum absolute atomic E-state index is 0.0645. The Labute approximate surface area is 164 Å². The van der Waals surface area contributed by atoms with E-state index in [-0.39, 0.29) is 12.5 Å². The van der Waals surface area contributed by atoms with Crippen molar-refractivity contribution in [3.8, 4) is 5.75 Å². The first kappa shape index (κ1) is 18.2. The molecule has 1 aliphatic rings. The number of aryl methyl sites for hydroxylation is 1. The Hall–Kier alpha value is -3.15. The fraction of sp³-hybridized carbons (Fsp3) is 0.318. The molecule has 4 rings (SSSR count). The molecule has 0 aliphatic carbocycles. The Balaban J connectivity index is 1.54. The number of benzene rings is 2. The Morgan fingerprint density at radius 1 is 1.04 bits per heavy atom. The van der Waals surface area contributed by atoms with E-state index in [0.29, 0.717) is 5.82 Å². The van der Waals surface area contributed by atoms with E-state index in [1.807, 2.05) is 48.5 Å². The molecule has 0 atom stereocenters. The highest BCUT2D eigenvalue weighted by Gasteiger charge is 2.21. The number of nitrogens with zero attached hydrogens (tertiary/aromatic N) is 3. The molecule has 1 N–H and O–H groups in total. The molecule has 0 unspecified atom stereocenters. The van der Waals surface area contributed by atoms with Crippen LogP contribution in [0, 0.1) is 0 Å². The van der Waals surface area contributed by atoms with E-state index in [9.17, 15) is 4.79 Å². The van der Waals surface area contributed by atoms with Crippen molar-refractivity contribution in [2.45, 2.75) is 26.2 Å². The fourth-order valence-electron chi connectivity index (χ4n) is 3.47. The molecule has 144 valence electrons. The monoisotopic (exact) mass is 376 g/mol. The topological polar surface area (TPSA) is 67.3 Å². The number of carbonyl (C=O) groups is 1. The molecule has 2 aromatic carbocycles. The second kappa shape index (κ2) is 8.25. The van der Waals surface area contributed by atoms with Gasteiger partial charge >= 0.3 is 0 Å². The normalized spacial score (nSPS) is 13.7. The zero-order valence-corrected chi connectivity index (χ0v) is 16.0. The van der Waals surface area contributed by atoms with Gasteiger partial charge in [-0.25, -0.2) is 9.97 Å². The summed E-state index contributed by atoms with van der Waals surface area (Å²) in [5.74, 6) is 1.73. The number of fused-ring (bicyclic) bond motifs is 1. The largest absolute Gasteiger partial charge is 0.483 e. The number of nitrogens with one attached hydrogen (secondary N) is 1. The van der Waals surface area contributed by atoms with Gasteiger partial charge in [0.05, 0.1) is 11.0 Å². The van der Waals surface area contributed by atoms with Crippen molar-refractivity contribution in [1.82, 2.24) is 9.97 Å². The van der Waals surface area contributed by atoms with E-state index in [1.54, 1.807) is 0 Å². The first-order valence-electron chi connectivity index (χ1n) is 9.77. The fourth-order valence-corrected chi connectivity index (χ4v) is 3.47. The van der Waals surface area contributed by atoms with Crippen LogP contribution in [0.15, 0.2) is 48.5 Å². The molecule has 1 aliphatic heterocycles. The lowest BCUT2D eigenvalue weighted by atomic mass is 10.1. The Kier molecular flexibility index (Phi) is 5.37. The molecule has 0 spiro atoms. The highest BCUT2D eigenvalue weighted by atomic mass is 16.5. The lowest BCUT2D eigenvalue weighted by Gasteiger charge is -2.20. The van der Waals surface area contributed by atoms with Crippen molar-refractivity contribution in [3.05, 3.63) is 54.1 Å². The first-order valence-corrected chi connectivity index (χ1v) is 9.77. The van der Waals surface area contributed by atoms with Crippen molar-refractivity contribution in [2.24, 2.45) is 0 Å². The quantitative estimate of drug-likeness (QED) is 0.709. The minimum atomic E-state index is -0.240. The van der Waals surface area contributed by atoms with Crippen LogP contribution in [0.3, 0.4) is 0 Å². The van der Waals surface area contributed by atoms with Crippen LogP contribution in [0.4, 0.5) is 11.6 Å². The summed E-state index contributed by atoms with van der Waals surface area (Å²) in [4.78, 5) is 24.2. The van der Waals surface area contributed by atoms with E-state index in [1.165, 1.54) is 0 Å². The molecule has 1 amide bonds. The standard InChI is InChI=1S/C22H24N4O2/c1-2-16-9-3-6-12-19(16)28-15-20(27)25-21-22(26-13-7-8-14-26)24-18-11-5-4-10-17(18)23-21/h3-6,9-12H,2,7-8,13-15H2,1H3,(H,23,25,27). The van der Waals surface area contributed by atoms with Crippen LogP contribution in [0.2, 0.25) is 0 Å². The number of rotatable bonds is 6. The van der Waals surface area contributed by atoms with Gasteiger partial charge in [-0.1, -0.05) is 37.3 Å². The number of hydrogen-bond acceptors (Lipinski definition) is 5. The Morgan fingerprint density at radius 2 is 1.71 bits per heavy atom. The van der Waals surface area contributed by atoms with Crippen molar-refractivity contribution < 1.29 is 9.53 Å². The van der Waals surface area contributed by atoms with Crippen LogP contribution >= 0.6 is 0 Å². The van der Waals surface area contributed by atoms with Crippen LogP contribution in [-0.2, 0) is 11.2 Å². The highest BCUT2D eigenvalue weighted by Crippen LogP contribution is 2.28. The summed E-state index contributed by atoms with van der Waals surface area (Å²) in [5.41, 5.74) is 2.67. The van der Waals surface area contributed by atoms with Gasteiger partial charge in [-0.3, -0.25) is 4.79 Å². The number of carbonyl (C=O) groups excluding carboxylic acids is 1. The Morgan fingerprint density at radius 3 is 2.46 bits per heavy atom. The van der Waals surface area contributed by atoms with Gasteiger partial charge < -0.3 is 15.0 Å². The number of hydrogen-bond donors (Lipinski definition) is 1. The molecule has 1 fully saturated rings. The van der Waals surface area contributed by atoms with Crippen LogP contribution in [0.25, 0.3) is 11.0 Å². The number of anilines is 2. The molecule has 1 aromatic heterocycles. The molecule has 28 heavy (non-hydrogen) atoms. The predicted molar refractivity (Wildman–Crippen MR) is 111 cm³/mol. The summed E-state index contributed by atoms with van der Waals surface area (Å²) in [6, 6.07) is 15.5. The second-order valence-electron chi connectivity index (χ2n) is 6.88. The summed E-state index contributed by atoms with van der Waals surface area (Å²) in [6.07, 6.45) is 3.10. The van der Waals surface area contributed by atoms with Gasteiger partial charge in [0.25, 0.3) is 5.91 Å². The average Bonchev–Trinajstić information content (AvgIpc) is 3.26. The van der Waals surface area contributed by atoms with Crippen LogP contribution < -0.4 is 15.0 Å². The van der Waals surface area contributed by atoms with Crippen molar-refractivity contribution in [3.63, 3.8) is 0 Å². The van der Waals surface area contributed by atoms with E-state index < -0.39 is 0 Å². The third kappa shape index (κ3) is 3.91. The summed E-state index contributed by atoms with van der Waals surface area (Å²) < 4.78 is 5.74. The minimum Gasteiger partial charge on any atom is -0.483 e. The van der Waals surface area contributed by atoms with Crippen LogP contribution in [0.1, 0.15) is 25.3 Å². The van der Waals surface area contributed by atoms with E-state index in [0.717, 1.165) is 60.5 Å². The van der Waals surface area contributed by atoms with Gasteiger partial charge in [0.2, 0.25) is 0 Å². The van der Waals surface area contributed by atoms with Gasteiger partial charge in [0.1, 0.15) is 5.75 Å². The van der Waals surface area contributed by atoms with Crippen molar-refractivity contribution in [2.75, 3.05) is 29.9 Å². The zero-order valence-electron chi connectivity index (χ0n) is 16.0. The zero-order chi connectivity index (χ0) is 19.3. The van der Waals surface area contributed by atoms with Crippen molar-refractivity contribution >= 4 is 28.6 Å². The van der Waals surface area contributed by atoms with E-state index in [4.69, 9.17) is 9.72 Å². The maximum Gasteiger partial charge on any atom is 0.263 e. The number of aromatic nitrogens is 2. The van der Waals surface area contributed by atoms with E-state index >= 15 is 0 Å². The van der Waals surface area contributed by atoms with Crippen LogP contribution in [0.5, 0.6) is 5.75 Å². The van der Waals surface area contributed by atoms with Crippen molar-refractivity contribution in [1.29, 1.82) is 0 Å². The highest BCUT2D eigenvalue weighted by molar-refractivity contribution is 5.95. The molecule has 0 saturated carbocycles. The summed E-state index contributed by atoms with van der Waals surface area (Å²) >= 11 is 0. The smallest absolute Gasteiger partial charge is 0.263 e. The van der Waals surface area contributed by atoms with Gasteiger partial charge in [0, 0.05) is 13.1 Å². The second-order valence-corrected chi connectivity index (χ2v) is 6.88. The SMILES string of the molecule is CCc1ccccc1OCC(=O)Nc1nc2ccccc2nc1N1CCCC1. The molecule has 6 nitrogen and oxygen atoms in total. The number of para-hydroxylation sites is 3. The number of ether oxygens (including phenoxy) is 1. The Bertz CT molecular complexity index is 983. The lowest BCUT2D eigenvalue weighted by molar-refractivity contribution is -0.118. The lowest BCUT2D eigenvalue weighted by Crippen LogP contribution is -2.26. The molecule has 0 bridgehead atoms. The van der Waals surface area contributed by atoms with E-state index in [2.05, 4.69) is 22.1 Å². The molecule has 3 aromatic rings. The van der Waals surface area contributed by atoms with Gasteiger partial charge in [-0.2, -0.15) is 0 Å². The molecule has 0 radical (unpaired) electrons. The number of amides is 1. The maximum atomic E-state index is 12.6. The van der Waals surface area contributed by atoms with Gasteiger partial charge in [-0.05, 0) is 43.0 Å². The summed E-state index contributed by atoms with van der Waals surface area (Å²) in [5, 5.41) is 2.91. The average molecular weight is 376 g/mol. The summed E-state index contributed by atoms with van der Waals surface area (Å²) in [7, 11) is 0. The molecular weight excluding hydrogens is 352 g/mol. The summed E-state index contributed by atoms with van der Waals surface area (Å²) in [6.45, 7) is 3.85. The first-order chi connectivity index (χ1) is 13.7. The molecule has 2 heterocycles. The third-order valence-corrected chi connectivity index (χ3v) is 4.93. The van der Waals surface area contributed by atoms with Gasteiger partial charge in [0.15, 0.2) is 18.2 Å². The third-order valence-electron chi connectivity index (χ3n) is 4.93. The van der Waals surface area contributed by atoms with Crippen LogP contribution in [-0.4, -0.2) is 35.6 Å². The maximum absolute atomic E-state index is 12.6. The van der Waals surface area contributed by atoms with Gasteiger partial charge in [-0.15, -0.1) is 0 Å². The molecule has 1 saturated heterocycles. The molecule has 6 heteroatoms. The predicted octanol–water partition coefficient (Wildman–Crippen LogP) is 3.81.